The van der Waals surface area contributed by atoms with Crippen molar-refractivity contribution in [2.45, 2.75) is 116 Å². The summed E-state index contributed by atoms with van der Waals surface area (Å²) in [5.74, 6) is -0.961. The first-order chi connectivity index (χ1) is 12.6. The largest absolute Gasteiger partial charge is 0.396 e. The van der Waals surface area contributed by atoms with Crippen LogP contribution in [0.3, 0.4) is 0 Å². The number of amides is 2. The van der Waals surface area contributed by atoms with Gasteiger partial charge in [-0.15, -0.1) is 0 Å². The molecule has 0 spiro atoms. The van der Waals surface area contributed by atoms with Crippen molar-refractivity contribution in [3.05, 3.63) is 0 Å². The molecule has 0 aromatic carbocycles. The SMILES string of the molecule is CCCCCCCCCCCCCCCC(CCO)NC(=O)CC(N)=O. The molecule has 0 radical (unpaired) electrons. The van der Waals surface area contributed by atoms with Gasteiger partial charge in [0.25, 0.3) is 0 Å². The van der Waals surface area contributed by atoms with Gasteiger partial charge in [0.15, 0.2) is 0 Å². The molecule has 0 heterocycles. The van der Waals surface area contributed by atoms with Gasteiger partial charge in [-0.2, -0.15) is 0 Å². The Bertz CT molecular complexity index is 348. The summed E-state index contributed by atoms with van der Waals surface area (Å²) in [6, 6.07) is -0.0560. The lowest BCUT2D eigenvalue weighted by Gasteiger charge is -2.17. The highest BCUT2D eigenvalue weighted by atomic mass is 16.3. The van der Waals surface area contributed by atoms with Crippen LogP contribution >= 0.6 is 0 Å². The van der Waals surface area contributed by atoms with Gasteiger partial charge in [0.05, 0.1) is 0 Å². The number of unbranched alkanes of at least 4 members (excludes halogenated alkanes) is 12. The second-order valence-electron chi connectivity index (χ2n) is 7.45. The molecule has 0 aromatic heterocycles. The van der Waals surface area contributed by atoms with Crippen molar-refractivity contribution < 1.29 is 14.7 Å². The number of hydrogen-bond donors (Lipinski definition) is 3. The maximum Gasteiger partial charge on any atom is 0.229 e. The van der Waals surface area contributed by atoms with Gasteiger partial charge >= 0.3 is 0 Å². The summed E-state index contributed by atoms with van der Waals surface area (Å²) < 4.78 is 0. The van der Waals surface area contributed by atoms with Gasteiger partial charge in [0, 0.05) is 12.6 Å². The first-order valence-corrected chi connectivity index (χ1v) is 10.8. The number of hydrogen-bond acceptors (Lipinski definition) is 3. The van der Waals surface area contributed by atoms with Crippen molar-refractivity contribution in [3.63, 3.8) is 0 Å². The number of carbonyl (C=O) groups excluding carboxylic acids is 2. The third-order valence-corrected chi connectivity index (χ3v) is 4.83. The molecule has 1 unspecified atom stereocenters. The Morgan fingerprint density at radius 2 is 1.27 bits per heavy atom. The molecule has 5 heteroatoms. The van der Waals surface area contributed by atoms with E-state index in [4.69, 9.17) is 10.8 Å². The van der Waals surface area contributed by atoms with E-state index in [2.05, 4.69) is 12.2 Å². The summed E-state index contributed by atoms with van der Waals surface area (Å²) in [6.45, 7) is 2.30. The monoisotopic (exact) mass is 370 g/mol. The van der Waals surface area contributed by atoms with Gasteiger partial charge in [-0.25, -0.2) is 0 Å². The van der Waals surface area contributed by atoms with Crippen molar-refractivity contribution in [3.8, 4) is 0 Å². The van der Waals surface area contributed by atoms with Crippen LogP contribution in [0.2, 0.25) is 0 Å². The number of carbonyl (C=O) groups is 2. The Morgan fingerprint density at radius 3 is 1.69 bits per heavy atom. The number of rotatable bonds is 19. The third kappa shape index (κ3) is 17.7. The molecule has 1 atom stereocenters. The van der Waals surface area contributed by atoms with E-state index in [0.29, 0.717) is 6.42 Å². The Hall–Kier alpha value is -1.10. The average molecular weight is 371 g/mol. The van der Waals surface area contributed by atoms with Crippen molar-refractivity contribution in [1.82, 2.24) is 5.32 Å². The normalized spacial score (nSPS) is 12.1. The van der Waals surface area contributed by atoms with Crippen LogP contribution in [0, 0.1) is 0 Å². The molecule has 4 N–H and O–H groups in total. The molecule has 0 fully saturated rings. The van der Waals surface area contributed by atoms with Gasteiger partial charge in [-0.3, -0.25) is 9.59 Å². The number of aliphatic hydroxyl groups is 1. The number of primary amides is 1. The van der Waals surface area contributed by atoms with Crippen LogP contribution in [0.5, 0.6) is 0 Å². The standard InChI is InChI=1S/C21H42N2O3/c1-2-3-4-5-6-7-8-9-10-11-12-13-14-15-19(16-17-24)23-21(26)18-20(22)25/h19,24H,2-18H2,1H3,(H2,22,25)(H,23,26). The number of aliphatic hydroxyl groups excluding tert-OH is 1. The number of nitrogens with two attached hydrogens (primary N) is 1. The minimum Gasteiger partial charge on any atom is -0.396 e. The zero-order chi connectivity index (χ0) is 19.5. The highest BCUT2D eigenvalue weighted by Gasteiger charge is 2.13. The Labute approximate surface area is 160 Å². The molecule has 26 heavy (non-hydrogen) atoms. The zero-order valence-corrected chi connectivity index (χ0v) is 16.9. The van der Waals surface area contributed by atoms with Gasteiger partial charge in [-0.05, 0) is 12.8 Å². The molecule has 0 saturated heterocycles. The molecular formula is C21H42N2O3. The van der Waals surface area contributed by atoms with Gasteiger partial charge in [-0.1, -0.05) is 90.4 Å². The second-order valence-corrected chi connectivity index (χ2v) is 7.45. The Morgan fingerprint density at radius 1 is 0.808 bits per heavy atom. The third-order valence-electron chi connectivity index (χ3n) is 4.83. The van der Waals surface area contributed by atoms with Gasteiger partial charge in [0.1, 0.15) is 6.42 Å². The molecule has 0 rings (SSSR count). The van der Waals surface area contributed by atoms with E-state index in [1.165, 1.54) is 70.6 Å². The van der Waals surface area contributed by atoms with Crippen LogP contribution < -0.4 is 11.1 Å². The summed E-state index contributed by atoms with van der Waals surface area (Å²) >= 11 is 0. The predicted octanol–water partition coefficient (Wildman–Crippen LogP) is 4.21. The molecule has 0 saturated carbocycles. The molecule has 5 nitrogen and oxygen atoms in total. The van der Waals surface area contributed by atoms with Crippen LogP contribution in [0.25, 0.3) is 0 Å². The highest BCUT2D eigenvalue weighted by molar-refractivity contribution is 5.96. The fourth-order valence-corrected chi connectivity index (χ4v) is 3.29. The van der Waals surface area contributed by atoms with Crippen LogP contribution in [0.1, 0.15) is 110 Å². The first kappa shape index (κ1) is 24.9. The summed E-state index contributed by atoms with van der Waals surface area (Å²) in [5, 5.41) is 11.9. The van der Waals surface area contributed by atoms with Crippen molar-refractivity contribution >= 4 is 11.8 Å². The molecule has 0 aliphatic rings. The maximum atomic E-state index is 11.6. The molecule has 0 bridgehead atoms. The molecular weight excluding hydrogens is 328 g/mol. The fourth-order valence-electron chi connectivity index (χ4n) is 3.29. The topological polar surface area (TPSA) is 92.4 Å². The maximum absolute atomic E-state index is 11.6. The molecule has 2 amide bonds. The van der Waals surface area contributed by atoms with Crippen molar-refractivity contribution in [1.29, 1.82) is 0 Å². The second kappa shape index (κ2) is 18.7. The lowest BCUT2D eigenvalue weighted by atomic mass is 10.0. The van der Waals surface area contributed by atoms with Gasteiger partial charge < -0.3 is 16.2 Å². The van der Waals surface area contributed by atoms with Crippen molar-refractivity contribution in [2.75, 3.05) is 6.61 Å². The zero-order valence-electron chi connectivity index (χ0n) is 16.9. The van der Waals surface area contributed by atoms with E-state index in [0.717, 1.165) is 19.3 Å². The average Bonchev–Trinajstić information content (AvgIpc) is 2.58. The summed E-state index contributed by atoms with van der Waals surface area (Å²) in [5.41, 5.74) is 5.02. The summed E-state index contributed by atoms with van der Waals surface area (Å²) in [7, 11) is 0. The van der Waals surface area contributed by atoms with E-state index in [9.17, 15) is 9.59 Å². The molecule has 154 valence electrons. The fraction of sp³-hybridized carbons (Fsp3) is 0.905. The van der Waals surface area contributed by atoms with Crippen LogP contribution in [-0.4, -0.2) is 29.6 Å². The van der Waals surface area contributed by atoms with E-state index < -0.39 is 5.91 Å². The molecule has 0 aliphatic heterocycles. The Balaban J connectivity index is 3.49. The summed E-state index contributed by atoms with van der Waals surface area (Å²) in [6.07, 6.45) is 18.2. The Kier molecular flexibility index (Phi) is 17.9. The van der Waals surface area contributed by atoms with Gasteiger partial charge in [0.2, 0.25) is 11.8 Å². The predicted molar refractivity (Wildman–Crippen MR) is 108 cm³/mol. The van der Waals surface area contributed by atoms with E-state index in [-0.39, 0.29) is 25.0 Å². The quantitative estimate of drug-likeness (QED) is 0.235. The number of nitrogens with one attached hydrogen (secondary N) is 1. The van der Waals surface area contributed by atoms with Crippen LogP contribution in [0.15, 0.2) is 0 Å². The van der Waals surface area contributed by atoms with Crippen molar-refractivity contribution in [2.24, 2.45) is 5.73 Å². The smallest absolute Gasteiger partial charge is 0.229 e. The molecule has 0 aliphatic carbocycles. The minimum atomic E-state index is -0.619. The molecule has 0 aromatic rings. The first-order valence-electron chi connectivity index (χ1n) is 10.8. The van der Waals surface area contributed by atoms with E-state index >= 15 is 0 Å². The lowest BCUT2D eigenvalue weighted by molar-refractivity contribution is -0.128. The van der Waals surface area contributed by atoms with Crippen LogP contribution in [0.4, 0.5) is 0 Å². The van der Waals surface area contributed by atoms with Crippen LogP contribution in [-0.2, 0) is 9.59 Å². The lowest BCUT2D eigenvalue weighted by Crippen LogP contribution is -2.37. The van der Waals surface area contributed by atoms with E-state index in [1.54, 1.807) is 0 Å². The minimum absolute atomic E-state index is 0.0416. The summed E-state index contributed by atoms with van der Waals surface area (Å²) in [4.78, 5) is 22.3. The van der Waals surface area contributed by atoms with E-state index in [1.807, 2.05) is 0 Å². The highest BCUT2D eigenvalue weighted by Crippen LogP contribution is 2.14.